The Labute approximate surface area is 73.0 Å². The van der Waals surface area contributed by atoms with Crippen LogP contribution in [0.5, 0.6) is 0 Å². The van der Waals surface area contributed by atoms with Gasteiger partial charge >= 0.3 is 0 Å². The number of nitrogens with one attached hydrogen (secondary N) is 1. The second-order valence-electron chi connectivity index (χ2n) is 2.88. The summed E-state index contributed by atoms with van der Waals surface area (Å²) < 4.78 is 0. The zero-order chi connectivity index (χ0) is 7.94. The van der Waals surface area contributed by atoms with Gasteiger partial charge in [0.2, 0.25) is 0 Å². The molecule has 1 fully saturated rings. The summed E-state index contributed by atoms with van der Waals surface area (Å²) in [6.07, 6.45) is 7.00. The minimum atomic E-state index is 0.807. The van der Waals surface area contributed by atoms with Crippen molar-refractivity contribution in [1.29, 1.82) is 0 Å². The van der Waals surface area contributed by atoms with Crippen LogP contribution in [0.3, 0.4) is 0 Å². The molecule has 11 heavy (non-hydrogen) atoms. The molecular weight excluding hydrogens is 156 g/mol. The highest BCUT2D eigenvalue weighted by atomic mass is 32.1. The van der Waals surface area contributed by atoms with Crippen LogP contribution in [0.4, 0.5) is 0 Å². The Morgan fingerprint density at radius 1 is 1.55 bits per heavy atom. The molecule has 1 saturated carbocycles. The first kappa shape index (κ1) is 8.72. The highest BCUT2D eigenvalue weighted by Crippen LogP contribution is 2.23. The van der Waals surface area contributed by atoms with Crippen molar-refractivity contribution < 1.29 is 0 Å². The lowest BCUT2D eigenvalue weighted by atomic mass is 10.1. The maximum Gasteiger partial charge on any atom is 0.0676 e. The van der Waals surface area contributed by atoms with E-state index in [0.29, 0.717) is 0 Å². The van der Waals surface area contributed by atoms with E-state index in [2.05, 4.69) is 28.1 Å². The summed E-state index contributed by atoms with van der Waals surface area (Å²) in [6, 6.07) is 0. The van der Waals surface area contributed by atoms with Crippen molar-refractivity contribution >= 4 is 17.2 Å². The maximum atomic E-state index is 4.47. The van der Waals surface area contributed by atoms with E-state index in [1.54, 1.807) is 6.20 Å². The molecule has 0 bridgehead atoms. The van der Waals surface area contributed by atoms with Crippen LogP contribution < -0.4 is 10.9 Å². The number of hydrogen-bond donors (Lipinski definition) is 1. The smallest absolute Gasteiger partial charge is 0.0676 e. The van der Waals surface area contributed by atoms with Crippen molar-refractivity contribution in [2.75, 3.05) is 6.54 Å². The van der Waals surface area contributed by atoms with Crippen molar-refractivity contribution in [3.8, 4) is 0 Å². The Balaban J connectivity index is 1.97. The van der Waals surface area contributed by atoms with Crippen LogP contribution in [0.1, 0.15) is 25.7 Å². The van der Waals surface area contributed by atoms with Crippen LogP contribution >= 0.6 is 12.2 Å². The Morgan fingerprint density at radius 3 is 2.91 bits per heavy atom. The quantitative estimate of drug-likeness (QED) is 0.391. The first-order chi connectivity index (χ1) is 5.43. The van der Waals surface area contributed by atoms with Gasteiger partial charge in [-0.15, -0.1) is 5.43 Å². The number of thiocarbonyl (C=S) groups is 1. The minimum Gasteiger partial charge on any atom is -0.303 e. The number of hydrogen-bond acceptors (Lipinski definition) is 2. The second-order valence-corrected chi connectivity index (χ2v) is 3.12. The summed E-state index contributed by atoms with van der Waals surface area (Å²) >= 11 is 4.47. The van der Waals surface area contributed by atoms with Gasteiger partial charge in [-0.25, -0.2) is 0 Å². The second kappa shape index (κ2) is 5.30. The number of rotatable bonds is 4. The molecule has 0 aromatic rings. The Morgan fingerprint density at radius 2 is 2.27 bits per heavy atom. The fourth-order valence-corrected chi connectivity index (χ4v) is 1.50. The summed E-state index contributed by atoms with van der Waals surface area (Å²) in [4.78, 5) is 0. The topological polar surface area (TPSA) is 26.1 Å². The molecule has 1 rings (SSSR count). The largest absolute Gasteiger partial charge is 0.303 e. The van der Waals surface area contributed by atoms with Gasteiger partial charge in [-0.05, 0) is 36.0 Å². The predicted octanol–water partition coefficient (Wildman–Crippen LogP) is 1.40. The molecule has 2 nitrogen and oxygen atoms in total. The molecule has 0 atom stereocenters. The molecule has 0 unspecified atom stereocenters. The van der Waals surface area contributed by atoms with Crippen molar-refractivity contribution in [2.45, 2.75) is 25.7 Å². The van der Waals surface area contributed by atoms with E-state index in [1.165, 1.54) is 25.7 Å². The van der Waals surface area contributed by atoms with Crippen LogP contribution in [0.25, 0.3) is 0 Å². The first-order valence-electron chi connectivity index (χ1n) is 4.05. The third-order valence-corrected chi connectivity index (χ3v) is 2.16. The molecule has 0 aliphatic heterocycles. The molecule has 0 amide bonds. The molecule has 1 aliphatic carbocycles. The molecular formula is C8H13N2S. The molecule has 3 heteroatoms. The standard InChI is InChI=1S/C8H13N2S/c11-6-5-9-10-7-8-3-1-2-4-8/h5,8-9H,1-4,7H2. The number of nitrogens with zero attached hydrogens (tertiary/aromatic N) is 1. The zero-order valence-electron chi connectivity index (χ0n) is 6.55. The summed E-state index contributed by atoms with van der Waals surface area (Å²) in [6.45, 7) is 0.924. The average molecular weight is 169 g/mol. The lowest BCUT2D eigenvalue weighted by Crippen LogP contribution is -2.23. The molecule has 1 N–H and O–H groups in total. The molecule has 61 valence electrons. The minimum absolute atomic E-state index is 0.807. The lowest BCUT2D eigenvalue weighted by Gasteiger charge is -2.06. The highest BCUT2D eigenvalue weighted by Gasteiger charge is 2.14. The average Bonchev–Trinajstić information content (AvgIpc) is 2.50. The van der Waals surface area contributed by atoms with Crippen molar-refractivity contribution in [2.24, 2.45) is 5.92 Å². The van der Waals surface area contributed by atoms with Crippen molar-refractivity contribution in [3.05, 3.63) is 6.20 Å². The molecule has 0 heterocycles. The monoisotopic (exact) mass is 169 g/mol. The maximum absolute atomic E-state index is 4.47. The highest BCUT2D eigenvalue weighted by molar-refractivity contribution is 7.78. The predicted molar refractivity (Wildman–Crippen MR) is 49.3 cm³/mol. The molecule has 1 aliphatic rings. The van der Waals surface area contributed by atoms with Gasteiger partial charge in [0, 0.05) is 6.54 Å². The van der Waals surface area contributed by atoms with E-state index in [-0.39, 0.29) is 0 Å². The fraction of sp³-hybridized carbons (Fsp3) is 0.750. The van der Waals surface area contributed by atoms with Crippen molar-refractivity contribution in [1.82, 2.24) is 10.9 Å². The fourth-order valence-electron chi connectivity index (χ4n) is 1.45. The van der Waals surface area contributed by atoms with E-state index in [1.807, 2.05) is 0 Å². The van der Waals surface area contributed by atoms with E-state index in [9.17, 15) is 0 Å². The van der Waals surface area contributed by atoms with Gasteiger partial charge in [0.15, 0.2) is 0 Å². The summed E-state index contributed by atoms with van der Waals surface area (Å²) in [5, 5.41) is 2.45. The SMILES string of the molecule is S=C=CN[N]CC1CCCC1. The summed E-state index contributed by atoms with van der Waals surface area (Å²) in [7, 11) is 0. The van der Waals surface area contributed by atoms with Crippen LogP contribution in [-0.2, 0) is 0 Å². The van der Waals surface area contributed by atoms with E-state index in [4.69, 9.17) is 0 Å². The van der Waals surface area contributed by atoms with Crippen LogP contribution in [0.15, 0.2) is 6.20 Å². The van der Waals surface area contributed by atoms with Crippen molar-refractivity contribution in [3.63, 3.8) is 0 Å². The molecule has 0 aromatic carbocycles. The zero-order valence-corrected chi connectivity index (χ0v) is 7.36. The summed E-state index contributed by atoms with van der Waals surface area (Å²) in [5.41, 5.74) is 6.86. The van der Waals surface area contributed by atoms with E-state index in [0.717, 1.165) is 12.5 Å². The third-order valence-electron chi connectivity index (χ3n) is 2.04. The Bertz CT molecular complexity index is 146. The molecule has 1 radical (unpaired) electrons. The van der Waals surface area contributed by atoms with Crippen LogP contribution in [0, 0.1) is 5.92 Å². The van der Waals surface area contributed by atoms with Gasteiger partial charge < -0.3 is 5.43 Å². The van der Waals surface area contributed by atoms with E-state index >= 15 is 0 Å². The van der Waals surface area contributed by atoms with Gasteiger partial charge in [0.25, 0.3) is 0 Å². The van der Waals surface area contributed by atoms with Gasteiger partial charge in [0.05, 0.1) is 6.20 Å². The third kappa shape index (κ3) is 3.51. The van der Waals surface area contributed by atoms with Gasteiger partial charge in [0.1, 0.15) is 0 Å². The normalized spacial score (nSPS) is 17.8. The van der Waals surface area contributed by atoms with E-state index < -0.39 is 0 Å². The van der Waals surface area contributed by atoms with Gasteiger partial charge in [-0.1, -0.05) is 12.8 Å². The molecule has 0 spiro atoms. The lowest BCUT2D eigenvalue weighted by molar-refractivity contribution is 0.460. The van der Waals surface area contributed by atoms with Crippen LogP contribution in [0.2, 0.25) is 0 Å². The van der Waals surface area contributed by atoms with Crippen LogP contribution in [-0.4, -0.2) is 11.6 Å². The Hall–Kier alpha value is -0.370. The first-order valence-corrected chi connectivity index (χ1v) is 4.45. The molecule has 0 saturated heterocycles. The molecule has 0 aromatic heterocycles. The summed E-state index contributed by atoms with van der Waals surface area (Å²) in [5.74, 6) is 0.807. The Kier molecular flexibility index (Phi) is 4.21. The van der Waals surface area contributed by atoms with Gasteiger partial charge in [-0.3, -0.25) is 0 Å². The van der Waals surface area contributed by atoms with Gasteiger partial charge in [-0.2, -0.15) is 0 Å².